The van der Waals surface area contributed by atoms with Gasteiger partial charge < -0.3 is 45.1 Å². The molecule has 10 heteroatoms. The fourth-order valence-corrected chi connectivity index (χ4v) is 2.46. The molecule has 1 amide bonds. The highest BCUT2D eigenvalue weighted by atomic mass is 16.8. The van der Waals surface area contributed by atoms with Crippen LogP contribution in [0.1, 0.15) is 0 Å². The zero-order chi connectivity index (χ0) is 17.4. The number of carbonyl (C=O) groups excluding carboxylic acids is 1. The molecule has 3 rings (SSSR count). The summed E-state index contributed by atoms with van der Waals surface area (Å²) >= 11 is 0. The third-order valence-electron chi connectivity index (χ3n) is 3.78. The van der Waals surface area contributed by atoms with E-state index in [9.17, 15) is 25.2 Å². The van der Waals surface area contributed by atoms with Crippen LogP contribution in [0.2, 0.25) is 0 Å². The fourth-order valence-electron chi connectivity index (χ4n) is 2.46. The van der Waals surface area contributed by atoms with Crippen molar-refractivity contribution in [1.29, 1.82) is 0 Å². The molecule has 1 fully saturated rings. The number of benzene rings is 1. The van der Waals surface area contributed by atoms with E-state index in [1.165, 1.54) is 18.2 Å². The largest absolute Gasteiger partial charge is 0.508 e. The molecule has 24 heavy (non-hydrogen) atoms. The van der Waals surface area contributed by atoms with E-state index >= 15 is 0 Å². The molecule has 1 aromatic rings. The van der Waals surface area contributed by atoms with Crippen LogP contribution in [-0.4, -0.2) is 75.0 Å². The molecule has 1 saturated heterocycles. The van der Waals surface area contributed by atoms with Crippen molar-refractivity contribution in [2.45, 2.75) is 37.0 Å². The maximum absolute atomic E-state index is 12.0. The molecule has 0 unspecified atom stereocenters. The Balaban J connectivity index is 1.74. The van der Waals surface area contributed by atoms with Gasteiger partial charge in [0, 0.05) is 6.07 Å². The van der Waals surface area contributed by atoms with Crippen LogP contribution in [0.25, 0.3) is 0 Å². The number of carbonyl (C=O) groups is 1. The molecule has 6 atom stereocenters. The van der Waals surface area contributed by atoms with Gasteiger partial charge in [-0.25, -0.2) is 0 Å². The monoisotopic (exact) mass is 343 g/mol. The van der Waals surface area contributed by atoms with Gasteiger partial charge in [-0.2, -0.15) is 0 Å². The molecular formula is C14H17NO9. The van der Waals surface area contributed by atoms with Crippen LogP contribution in [0.4, 0.5) is 5.69 Å². The summed E-state index contributed by atoms with van der Waals surface area (Å²) in [5, 5.41) is 50.4. The summed E-state index contributed by atoms with van der Waals surface area (Å²) in [4.78, 5) is 12.0. The maximum atomic E-state index is 12.0. The molecule has 10 nitrogen and oxygen atoms in total. The molecule has 132 valence electrons. The molecule has 0 aliphatic carbocycles. The molecule has 0 bridgehead atoms. The average Bonchev–Trinajstić information content (AvgIpc) is 2.56. The van der Waals surface area contributed by atoms with Crippen molar-refractivity contribution in [3.63, 3.8) is 0 Å². The second-order valence-electron chi connectivity index (χ2n) is 5.45. The molecule has 2 heterocycles. The van der Waals surface area contributed by atoms with Gasteiger partial charge in [-0.3, -0.25) is 4.79 Å². The van der Waals surface area contributed by atoms with Gasteiger partial charge in [-0.05, 0) is 12.1 Å². The number of fused-ring (bicyclic) bond motifs is 1. The van der Waals surface area contributed by atoms with E-state index in [4.69, 9.17) is 19.3 Å². The van der Waals surface area contributed by atoms with Crippen molar-refractivity contribution < 1.29 is 44.5 Å². The third kappa shape index (κ3) is 3.02. The predicted octanol–water partition coefficient (Wildman–Crippen LogP) is -2.13. The second kappa shape index (κ2) is 6.51. The molecular weight excluding hydrogens is 326 g/mol. The van der Waals surface area contributed by atoms with E-state index in [1.54, 1.807) is 0 Å². The number of anilines is 1. The normalized spacial score (nSPS) is 35.8. The van der Waals surface area contributed by atoms with Gasteiger partial charge in [0.05, 0.1) is 12.3 Å². The van der Waals surface area contributed by atoms with Crippen LogP contribution in [0.15, 0.2) is 18.2 Å². The predicted molar refractivity (Wildman–Crippen MR) is 76.0 cm³/mol. The smallest absolute Gasteiger partial charge is 0.294 e. The number of ether oxygens (including phenoxy) is 3. The van der Waals surface area contributed by atoms with E-state index < -0.39 is 49.5 Å². The Labute approximate surface area is 135 Å². The van der Waals surface area contributed by atoms with E-state index in [0.29, 0.717) is 5.69 Å². The molecule has 0 radical (unpaired) electrons. The molecule has 1 aromatic carbocycles. The summed E-state index contributed by atoms with van der Waals surface area (Å²) in [6, 6.07) is 4.06. The topological polar surface area (TPSA) is 158 Å². The number of phenols is 1. The Hall–Kier alpha value is -1.95. The standard InChI is InChI=1S/C14H17NO9/c16-4-8-9(18)10(19)11(20)13(23-8)24-14-12(21)15-6-2-1-5(17)3-7(6)22-14/h1-3,8-11,13-14,16-20H,4H2,(H,15,21)/t8-,9-,10+,11-,13+,14+/m1/s1. The number of aliphatic hydroxyl groups excluding tert-OH is 4. The Morgan fingerprint density at radius 1 is 1.17 bits per heavy atom. The van der Waals surface area contributed by atoms with E-state index in [0.717, 1.165) is 0 Å². The number of aliphatic hydroxyl groups is 4. The highest BCUT2D eigenvalue weighted by Crippen LogP contribution is 2.34. The van der Waals surface area contributed by atoms with E-state index in [1.807, 2.05) is 0 Å². The highest BCUT2D eigenvalue weighted by molar-refractivity contribution is 5.97. The lowest BCUT2D eigenvalue weighted by Gasteiger charge is -2.40. The van der Waals surface area contributed by atoms with E-state index in [2.05, 4.69) is 5.32 Å². The Morgan fingerprint density at radius 2 is 1.92 bits per heavy atom. The van der Waals surface area contributed by atoms with Crippen molar-refractivity contribution in [2.24, 2.45) is 0 Å². The van der Waals surface area contributed by atoms with E-state index in [-0.39, 0.29) is 11.5 Å². The number of hydrogen-bond acceptors (Lipinski definition) is 9. The molecule has 0 aromatic heterocycles. The molecule has 2 aliphatic rings. The maximum Gasteiger partial charge on any atom is 0.294 e. The fraction of sp³-hybridized carbons (Fsp3) is 0.500. The summed E-state index contributed by atoms with van der Waals surface area (Å²) in [5.41, 5.74) is 0.325. The second-order valence-corrected chi connectivity index (χ2v) is 5.45. The molecule has 0 spiro atoms. The Morgan fingerprint density at radius 3 is 2.62 bits per heavy atom. The van der Waals surface area contributed by atoms with Gasteiger partial charge in [0.15, 0.2) is 12.0 Å². The lowest BCUT2D eigenvalue weighted by molar-refractivity contribution is -0.322. The first-order chi connectivity index (χ1) is 11.4. The van der Waals surface area contributed by atoms with Gasteiger partial charge in [-0.15, -0.1) is 0 Å². The van der Waals surface area contributed by atoms with Crippen LogP contribution in [0.3, 0.4) is 0 Å². The molecule has 6 N–H and O–H groups in total. The number of aromatic hydroxyl groups is 1. The first-order valence-electron chi connectivity index (χ1n) is 7.17. The Kier molecular flexibility index (Phi) is 4.58. The summed E-state index contributed by atoms with van der Waals surface area (Å²) in [6.07, 6.45) is -9.05. The van der Waals surface area contributed by atoms with Crippen molar-refractivity contribution in [3.8, 4) is 11.5 Å². The quantitative estimate of drug-likeness (QED) is 0.337. The van der Waals surface area contributed by atoms with Crippen LogP contribution in [0, 0.1) is 0 Å². The average molecular weight is 343 g/mol. The SMILES string of the molecule is O=C1Nc2ccc(O)cc2O[C@H]1O[C@@H]1O[C@H](CO)[C@@H](O)[C@H](O)[C@H]1O. The zero-order valence-electron chi connectivity index (χ0n) is 12.3. The third-order valence-corrected chi connectivity index (χ3v) is 3.78. The first-order valence-corrected chi connectivity index (χ1v) is 7.17. The van der Waals surface area contributed by atoms with Gasteiger partial charge in [0.1, 0.15) is 30.2 Å². The summed E-state index contributed by atoms with van der Waals surface area (Å²) < 4.78 is 15.7. The zero-order valence-corrected chi connectivity index (χ0v) is 12.3. The van der Waals surface area contributed by atoms with Crippen molar-refractivity contribution in [1.82, 2.24) is 0 Å². The molecule has 2 aliphatic heterocycles. The van der Waals surface area contributed by atoms with Gasteiger partial charge in [0.2, 0.25) is 0 Å². The molecule has 0 saturated carbocycles. The van der Waals surface area contributed by atoms with Crippen LogP contribution < -0.4 is 10.1 Å². The van der Waals surface area contributed by atoms with Crippen LogP contribution >= 0.6 is 0 Å². The number of nitrogens with one attached hydrogen (secondary N) is 1. The van der Waals surface area contributed by atoms with Crippen molar-refractivity contribution in [2.75, 3.05) is 11.9 Å². The minimum atomic E-state index is -1.66. The number of rotatable bonds is 3. The lowest BCUT2D eigenvalue weighted by atomic mass is 9.99. The van der Waals surface area contributed by atoms with Gasteiger partial charge >= 0.3 is 0 Å². The number of phenolic OH excluding ortho intramolecular Hbond substituents is 1. The van der Waals surface area contributed by atoms with Crippen molar-refractivity contribution >= 4 is 11.6 Å². The lowest BCUT2D eigenvalue weighted by Crippen LogP contribution is -2.60. The summed E-state index contributed by atoms with van der Waals surface area (Å²) in [6.45, 7) is -0.626. The highest BCUT2D eigenvalue weighted by Gasteiger charge is 2.46. The number of hydrogen-bond donors (Lipinski definition) is 6. The van der Waals surface area contributed by atoms with Gasteiger partial charge in [-0.1, -0.05) is 0 Å². The van der Waals surface area contributed by atoms with Crippen molar-refractivity contribution in [3.05, 3.63) is 18.2 Å². The minimum absolute atomic E-state index is 0.0866. The summed E-state index contributed by atoms with van der Waals surface area (Å²) in [7, 11) is 0. The minimum Gasteiger partial charge on any atom is -0.508 e. The van der Waals surface area contributed by atoms with Crippen LogP contribution in [0.5, 0.6) is 11.5 Å². The summed E-state index contributed by atoms with van der Waals surface area (Å²) in [5.74, 6) is -0.633. The Bertz CT molecular complexity index is 622. The first kappa shape index (κ1) is 16.9. The van der Waals surface area contributed by atoms with Gasteiger partial charge in [0.25, 0.3) is 12.2 Å². The van der Waals surface area contributed by atoms with Crippen LogP contribution in [-0.2, 0) is 14.3 Å². The number of amides is 1.